The van der Waals surface area contributed by atoms with Gasteiger partial charge in [-0.2, -0.15) is 0 Å². The number of aryl methyl sites for hydroxylation is 1. The highest BCUT2D eigenvalue weighted by molar-refractivity contribution is 7.91. The second kappa shape index (κ2) is 4.76. The molecule has 0 radical (unpaired) electrons. The van der Waals surface area contributed by atoms with E-state index >= 15 is 0 Å². The van der Waals surface area contributed by atoms with E-state index in [9.17, 15) is 8.42 Å². The topological polar surface area (TPSA) is 72.2 Å². The summed E-state index contributed by atoms with van der Waals surface area (Å²) in [7, 11) is -2.87. The Balaban J connectivity index is 2.26. The van der Waals surface area contributed by atoms with Crippen molar-refractivity contribution < 1.29 is 8.42 Å². The lowest BCUT2D eigenvalue weighted by Gasteiger charge is -2.23. The molecule has 2 unspecified atom stereocenters. The molecule has 0 aliphatic carbocycles. The molecule has 1 saturated heterocycles. The van der Waals surface area contributed by atoms with Crippen LogP contribution in [0.4, 0.5) is 0 Å². The third-order valence-electron chi connectivity index (χ3n) is 3.44. The van der Waals surface area contributed by atoms with E-state index in [1.54, 1.807) is 0 Å². The number of benzene rings is 1. The van der Waals surface area contributed by atoms with Gasteiger partial charge in [0.25, 0.3) is 0 Å². The van der Waals surface area contributed by atoms with Gasteiger partial charge < -0.3 is 0 Å². The van der Waals surface area contributed by atoms with E-state index in [0.717, 1.165) is 11.1 Å². The van der Waals surface area contributed by atoms with Gasteiger partial charge in [0.05, 0.1) is 17.5 Å². The molecule has 0 amide bonds. The summed E-state index contributed by atoms with van der Waals surface area (Å²) in [4.78, 5) is 0. The van der Waals surface area contributed by atoms with Crippen LogP contribution >= 0.6 is 0 Å². The summed E-state index contributed by atoms with van der Waals surface area (Å²) in [5.41, 5.74) is 5.01. The van der Waals surface area contributed by atoms with Gasteiger partial charge in [0.2, 0.25) is 0 Å². The lowest BCUT2D eigenvalue weighted by molar-refractivity contribution is 0.398. The molecule has 1 aromatic rings. The van der Waals surface area contributed by atoms with E-state index in [-0.39, 0.29) is 23.5 Å². The van der Waals surface area contributed by atoms with Gasteiger partial charge in [0, 0.05) is 0 Å². The minimum atomic E-state index is -2.87. The van der Waals surface area contributed by atoms with Crippen molar-refractivity contribution in [3.8, 4) is 0 Å². The van der Waals surface area contributed by atoms with E-state index in [1.165, 1.54) is 0 Å². The largest absolute Gasteiger partial charge is 0.271 e. The number of rotatable bonds is 3. The molecule has 5 heteroatoms. The second-order valence-corrected chi connectivity index (χ2v) is 6.89. The van der Waals surface area contributed by atoms with Crippen molar-refractivity contribution in [2.45, 2.75) is 19.4 Å². The smallest absolute Gasteiger partial charge is 0.150 e. The molecule has 1 aliphatic heterocycles. The summed E-state index contributed by atoms with van der Waals surface area (Å²) < 4.78 is 23.0. The van der Waals surface area contributed by atoms with Crippen molar-refractivity contribution in [2.75, 3.05) is 11.5 Å². The fourth-order valence-electron chi connectivity index (χ4n) is 2.50. The Bertz CT molecular complexity index is 499. The first-order chi connectivity index (χ1) is 8.03. The van der Waals surface area contributed by atoms with Crippen LogP contribution in [0.15, 0.2) is 24.3 Å². The normalized spacial score (nSPS) is 24.7. The molecule has 94 valence electrons. The van der Waals surface area contributed by atoms with Gasteiger partial charge in [-0.05, 0) is 30.4 Å². The first-order valence-electron chi connectivity index (χ1n) is 5.75. The summed E-state index contributed by atoms with van der Waals surface area (Å²) in [5, 5.41) is 0. The minimum absolute atomic E-state index is 0.0751. The highest BCUT2D eigenvalue weighted by Gasteiger charge is 2.34. The van der Waals surface area contributed by atoms with Crippen LogP contribution in [0, 0.1) is 12.8 Å². The van der Waals surface area contributed by atoms with Crippen molar-refractivity contribution in [3.05, 3.63) is 35.4 Å². The predicted molar refractivity (Wildman–Crippen MR) is 68.0 cm³/mol. The Morgan fingerprint density at radius 3 is 2.65 bits per heavy atom. The van der Waals surface area contributed by atoms with Gasteiger partial charge in [0.15, 0.2) is 9.84 Å². The average molecular weight is 254 g/mol. The molecular weight excluding hydrogens is 236 g/mol. The maximum atomic E-state index is 11.5. The van der Waals surface area contributed by atoms with Gasteiger partial charge in [-0.25, -0.2) is 8.42 Å². The average Bonchev–Trinajstić information content (AvgIpc) is 2.63. The van der Waals surface area contributed by atoms with Gasteiger partial charge in [-0.15, -0.1) is 0 Å². The highest BCUT2D eigenvalue weighted by atomic mass is 32.2. The Labute approximate surface area is 102 Å². The SMILES string of the molecule is Cc1ccccc1C(NN)C1CCS(=O)(=O)C1. The molecule has 0 aromatic heterocycles. The number of nitrogens with one attached hydrogen (secondary N) is 1. The van der Waals surface area contributed by atoms with E-state index in [1.807, 2.05) is 31.2 Å². The summed E-state index contributed by atoms with van der Waals surface area (Å²) in [5.74, 6) is 6.18. The minimum Gasteiger partial charge on any atom is -0.271 e. The van der Waals surface area contributed by atoms with Gasteiger partial charge in [-0.1, -0.05) is 24.3 Å². The van der Waals surface area contributed by atoms with E-state index in [0.29, 0.717) is 6.42 Å². The fourth-order valence-corrected chi connectivity index (χ4v) is 4.34. The Morgan fingerprint density at radius 2 is 2.12 bits per heavy atom. The van der Waals surface area contributed by atoms with Gasteiger partial charge in [-0.3, -0.25) is 11.3 Å². The van der Waals surface area contributed by atoms with Crippen molar-refractivity contribution in [1.82, 2.24) is 5.43 Å². The Hall–Kier alpha value is -0.910. The summed E-state index contributed by atoms with van der Waals surface area (Å²) in [6.07, 6.45) is 0.686. The molecule has 1 aliphatic rings. The third kappa shape index (κ3) is 2.68. The van der Waals surface area contributed by atoms with Crippen LogP contribution in [0.2, 0.25) is 0 Å². The van der Waals surface area contributed by atoms with Gasteiger partial charge in [0.1, 0.15) is 0 Å². The Morgan fingerprint density at radius 1 is 1.41 bits per heavy atom. The molecular formula is C12H18N2O2S. The first kappa shape index (κ1) is 12.5. The van der Waals surface area contributed by atoms with Crippen LogP contribution in [0.1, 0.15) is 23.6 Å². The van der Waals surface area contributed by atoms with E-state index in [4.69, 9.17) is 5.84 Å². The fraction of sp³-hybridized carbons (Fsp3) is 0.500. The molecule has 2 rings (SSSR count). The monoisotopic (exact) mass is 254 g/mol. The second-order valence-electron chi connectivity index (χ2n) is 4.66. The third-order valence-corrected chi connectivity index (χ3v) is 5.24. The Kier molecular flexibility index (Phi) is 3.51. The van der Waals surface area contributed by atoms with Gasteiger partial charge >= 0.3 is 0 Å². The molecule has 2 atom stereocenters. The molecule has 1 heterocycles. The molecule has 0 saturated carbocycles. The number of hydrogen-bond acceptors (Lipinski definition) is 4. The summed E-state index contributed by atoms with van der Waals surface area (Å²) in [6, 6.07) is 7.87. The highest BCUT2D eigenvalue weighted by Crippen LogP contribution is 2.32. The molecule has 0 bridgehead atoms. The van der Waals surface area contributed by atoms with Crippen molar-refractivity contribution in [3.63, 3.8) is 0 Å². The van der Waals surface area contributed by atoms with Crippen molar-refractivity contribution in [1.29, 1.82) is 0 Å². The van der Waals surface area contributed by atoms with Crippen LogP contribution < -0.4 is 11.3 Å². The summed E-state index contributed by atoms with van der Waals surface area (Å²) in [6.45, 7) is 2.02. The van der Waals surface area contributed by atoms with Crippen LogP contribution in [0.3, 0.4) is 0 Å². The molecule has 1 aromatic carbocycles. The molecule has 0 spiro atoms. The number of nitrogens with two attached hydrogens (primary N) is 1. The number of sulfone groups is 1. The molecule has 3 N–H and O–H groups in total. The first-order valence-corrected chi connectivity index (χ1v) is 7.58. The van der Waals surface area contributed by atoms with Crippen LogP contribution in [0.5, 0.6) is 0 Å². The van der Waals surface area contributed by atoms with Crippen molar-refractivity contribution >= 4 is 9.84 Å². The molecule has 17 heavy (non-hydrogen) atoms. The standard InChI is InChI=1S/C12H18N2O2S/c1-9-4-2-3-5-11(9)12(14-13)10-6-7-17(15,16)8-10/h2-5,10,12,14H,6-8,13H2,1H3. The lowest BCUT2D eigenvalue weighted by atomic mass is 9.90. The van der Waals surface area contributed by atoms with E-state index < -0.39 is 9.84 Å². The lowest BCUT2D eigenvalue weighted by Crippen LogP contribution is -2.34. The van der Waals surface area contributed by atoms with Crippen molar-refractivity contribution in [2.24, 2.45) is 11.8 Å². The molecule has 4 nitrogen and oxygen atoms in total. The number of hydrazine groups is 1. The van der Waals surface area contributed by atoms with Crippen LogP contribution in [0.25, 0.3) is 0 Å². The van der Waals surface area contributed by atoms with E-state index in [2.05, 4.69) is 5.43 Å². The maximum Gasteiger partial charge on any atom is 0.150 e. The quantitative estimate of drug-likeness (QED) is 0.622. The zero-order valence-corrected chi connectivity index (χ0v) is 10.7. The zero-order chi connectivity index (χ0) is 12.5. The predicted octanol–water partition coefficient (Wildman–Crippen LogP) is 0.934. The summed E-state index contributed by atoms with van der Waals surface area (Å²) >= 11 is 0. The maximum absolute atomic E-state index is 11.5. The van der Waals surface area contributed by atoms with Crippen LogP contribution in [-0.4, -0.2) is 19.9 Å². The molecule has 1 fully saturated rings. The zero-order valence-electron chi connectivity index (χ0n) is 9.89. The number of hydrogen-bond donors (Lipinski definition) is 2. The van der Waals surface area contributed by atoms with Crippen LogP contribution in [-0.2, 0) is 9.84 Å².